The topological polar surface area (TPSA) is 207 Å². The average molecular weight is 347 g/mol. The zero-order chi connectivity index (χ0) is 15.6. The van der Waals surface area contributed by atoms with Crippen molar-refractivity contribution in [3.63, 3.8) is 0 Å². The molecule has 0 radical (unpaired) electrons. The molecule has 19 heavy (non-hydrogen) atoms. The summed E-state index contributed by atoms with van der Waals surface area (Å²) in [6.07, 6.45) is 1.83. The highest BCUT2D eigenvalue weighted by Crippen LogP contribution is 2.25. The number of carboxylic acids is 2. The Bertz CT molecular complexity index is 402. The predicted octanol–water partition coefficient (Wildman–Crippen LogP) is -1.29. The Hall–Kier alpha value is -1.01. The third kappa shape index (κ3) is 240. The summed E-state index contributed by atoms with van der Waals surface area (Å²) in [5.74, 6) is -2.51. The lowest BCUT2D eigenvalue weighted by atomic mass is 10.5. The lowest BCUT2D eigenvalue weighted by Gasteiger charge is -1.82. The summed E-state index contributed by atoms with van der Waals surface area (Å²) in [5.41, 5.74) is 0. The third-order valence-corrected chi connectivity index (χ3v) is 0.368. The number of carboxylic acid groups (broad SMARTS) is 2. The first-order valence-corrected chi connectivity index (χ1v) is 6.89. The summed E-state index contributed by atoms with van der Waals surface area (Å²) in [6, 6.07) is 0. The highest BCUT2D eigenvalue weighted by molar-refractivity contribution is 7.85. The van der Waals surface area contributed by atoms with Crippen molar-refractivity contribution in [2.45, 2.75) is 0 Å². The van der Waals surface area contributed by atoms with Crippen LogP contribution in [0.2, 0.25) is 0 Å². The first-order valence-electron chi connectivity index (χ1n) is 3.47. The van der Waals surface area contributed by atoms with Crippen LogP contribution < -0.4 is 0 Å². The quantitative estimate of drug-likeness (QED) is 0.197. The number of phosphoric acid groups is 1. The molecule has 0 rings (SSSR count). The standard InChI is InChI=1S/C4H4O4.CH4O3S.ClH.H3O4P/c5-3(6)1-2-4(7)8;1-5(2,3)4;;1-5(2,3)4/h1-2H,(H,5,6)(H,7,8);1H3,(H,2,3,4);1H;(H3,1,2,3,4)/b2-1-;;;. The van der Waals surface area contributed by atoms with Crippen molar-refractivity contribution in [1.29, 1.82) is 0 Å². The molecule has 0 bridgehead atoms. The van der Waals surface area contributed by atoms with Gasteiger partial charge >= 0.3 is 19.8 Å². The van der Waals surface area contributed by atoms with Crippen LogP contribution in [0.1, 0.15) is 0 Å². The minimum absolute atomic E-state index is 0. The minimum Gasteiger partial charge on any atom is -0.478 e. The van der Waals surface area contributed by atoms with Crippen LogP contribution in [-0.2, 0) is 24.3 Å². The fourth-order valence-electron chi connectivity index (χ4n) is 0.143. The van der Waals surface area contributed by atoms with Crippen molar-refractivity contribution in [1.82, 2.24) is 0 Å². The fourth-order valence-corrected chi connectivity index (χ4v) is 0.143. The van der Waals surface area contributed by atoms with Gasteiger partial charge in [0.2, 0.25) is 0 Å². The van der Waals surface area contributed by atoms with Gasteiger partial charge in [0.05, 0.1) is 6.26 Å². The van der Waals surface area contributed by atoms with Gasteiger partial charge in [-0.25, -0.2) is 14.2 Å². The van der Waals surface area contributed by atoms with Crippen LogP contribution in [0.15, 0.2) is 12.2 Å². The molecule has 0 spiro atoms. The zero-order valence-corrected chi connectivity index (χ0v) is 11.7. The van der Waals surface area contributed by atoms with E-state index in [4.69, 9.17) is 34.0 Å². The Labute approximate surface area is 113 Å². The Morgan fingerprint density at radius 1 is 1.00 bits per heavy atom. The molecule has 116 valence electrons. The van der Waals surface area contributed by atoms with Crippen LogP contribution in [0.5, 0.6) is 0 Å². The molecule has 0 aromatic rings. The maximum atomic E-state index is 9.55. The molecule has 0 aromatic carbocycles. The molecule has 0 saturated carbocycles. The lowest BCUT2D eigenvalue weighted by Crippen LogP contribution is -1.91. The van der Waals surface area contributed by atoms with Gasteiger partial charge in [0.15, 0.2) is 0 Å². The Balaban J connectivity index is -0.0000000906. The van der Waals surface area contributed by atoms with Crippen molar-refractivity contribution >= 4 is 42.3 Å². The first-order chi connectivity index (χ1) is 7.63. The molecule has 11 nitrogen and oxygen atoms in total. The summed E-state index contributed by atoms with van der Waals surface area (Å²) in [5, 5.41) is 15.6. The molecule has 14 heteroatoms. The molecule has 6 N–H and O–H groups in total. The number of hydrogen-bond donors (Lipinski definition) is 6. The largest absolute Gasteiger partial charge is 0.478 e. The summed E-state index contributed by atoms with van der Waals surface area (Å²) < 4.78 is 34.8. The molecule has 0 fully saturated rings. The molecule has 0 aromatic heterocycles. The minimum atomic E-state index is -4.64. The van der Waals surface area contributed by atoms with Crippen LogP contribution in [0, 0.1) is 0 Å². The van der Waals surface area contributed by atoms with Crippen molar-refractivity contribution in [2.75, 3.05) is 6.26 Å². The van der Waals surface area contributed by atoms with Crippen LogP contribution >= 0.6 is 20.2 Å². The molecular formula is C5H12ClO11PS. The molecule has 0 saturated heterocycles. The van der Waals surface area contributed by atoms with E-state index in [2.05, 4.69) is 0 Å². The highest BCUT2D eigenvalue weighted by atomic mass is 35.5. The van der Waals surface area contributed by atoms with Crippen molar-refractivity contribution in [3.05, 3.63) is 12.2 Å². The monoisotopic (exact) mass is 346 g/mol. The van der Waals surface area contributed by atoms with Gasteiger partial charge in [-0.3, -0.25) is 4.55 Å². The molecule has 0 aliphatic heterocycles. The zero-order valence-electron chi connectivity index (χ0n) is 9.14. The molecule has 0 atom stereocenters. The second-order valence-electron chi connectivity index (χ2n) is 2.26. The number of rotatable bonds is 2. The van der Waals surface area contributed by atoms with Gasteiger partial charge in [-0.1, -0.05) is 0 Å². The molecule has 0 aliphatic carbocycles. The van der Waals surface area contributed by atoms with E-state index in [0.717, 1.165) is 0 Å². The average Bonchev–Trinajstić information content (AvgIpc) is 1.93. The summed E-state index contributed by atoms with van der Waals surface area (Å²) >= 11 is 0. The SMILES string of the molecule is CS(=O)(=O)O.Cl.O=C(O)/C=C\C(=O)O.O=P(O)(O)O. The van der Waals surface area contributed by atoms with Gasteiger partial charge in [0, 0.05) is 12.2 Å². The smallest absolute Gasteiger partial charge is 0.466 e. The van der Waals surface area contributed by atoms with E-state index in [1.165, 1.54) is 0 Å². The second-order valence-corrected chi connectivity index (χ2v) is 4.75. The number of carbonyl (C=O) groups is 2. The Morgan fingerprint density at radius 3 is 1.16 bits per heavy atom. The van der Waals surface area contributed by atoms with E-state index < -0.39 is 29.9 Å². The maximum Gasteiger partial charge on any atom is 0.466 e. The highest BCUT2D eigenvalue weighted by Gasteiger charge is 2.00. The molecule has 0 unspecified atom stereocenters. The van der Waals surface area contributed by atoms with E-state index >= 15 is 0 Å². The van der Waals surface area contributed by atoms with Crippen LogP contribution in [-0.4, -0.2) is 56.1 Å². The summed E-state index contributed by atoms with van der Waals surface area (Å²) in [6.45, 7) is 0. The van der Waals surface area contributed by atoms with Gasteiger partial charge in [0.1, 0.15) is 0 Å². The van der Waals surface area contributed by atoms with Gasteiger partial charge in [0.25, 0.3) is 10.1 Å². The first kappa shape index (κ1) is 26.5. The maximum absolute atomic E-state index is 9.55. The Kier molecular flexibility index (Phi) is 16.8. The number of aliphatic carboxylic acids is 2. The normalized spacial score (nSPS) is 10.2. The third-order valence-electron chi connectivity index (χ3n) is 0.368. The molecule has 0 amide bonds. The number of hydrogen-bond acceptors (Lipinski definition) is 5. The van der Waals surface area contributed by atoms with E-state index in [1.807, 2.05) is 0 Å². The van der Waals surface area contributed by atoms with E-state index in [-0.39, 0.29) is 12.4 Å². The van der Waals surface area contributed by atoms with Crippen molar-refractivity contribution in [2.24, 2.45) is 0 Å². The van der Waals surface area contributed by atoms with Crippen LogP contribution in [0.3, 0.4) is 0 Å². The lowest BCUT2D eigenvalue weighted by molar-refractivity contribution is -0.134. The van der Waals surface area contributed by atoms with Crippen LogP contribution in [0.25, 0.3) is 0 Å². The van der Waals surface area contributed by atoms with Crippen molar-refractivity contribution < 1.29 is 52.0 Å². The number of halogens is 1. The van der Waals surface area contributed by atoms with E-state index in [0.29, 0.717) is 18.4 Å². The predicted molar refractivity (Wildman–Crippen MR) is 63.4 cm³/mol. The van der Waals surface area contributed by atoms with Gasteiger partial charge in [-0.2, -0.15) is 8.42 Å². The van der Waals surface area contributed by atoms with Gasteiger partial charge < -0.3 is 24.9 Å². The molecular weight excluding hydrogens is 335 g/mol. The van der Waals surface area contributed by atoms with E-state index in [1.54, 1.807) is 0 Å². The van der Waals surface area contributed by atoms with Crippen molar-refractivity contribution in [3.8, 4) is 0 Å². The molecule has 0 aliphatic rings. The second kappa shape index (κ2) is 12.0. The van der Waals surface area contributed by atoms with Gasteiger partial charge in [-0.15, -0.1) is 12.4 Å². The summed E-state index contributed by atoms with van der Waals surface area (Å²) in [4.78, 5) is 40.7. The van der Waals surface area contributed by atoms with E-state index in [9.17, 15) is 18.0 Å². The Morgan fingerprint density at radius 2 is 1.11 bits per heavy atom. The van der Waals surface area contributed by atoms with Crippen LogP contribution in [0.4, 0.5) is 0 Å². The summed E-state index contributed by atoms with van der Waals surface area (Å²) in [7, 11) is -8.31. The molecule has 0 heterocycles. The van der Waals surface area contributed by atoms with Gasteiger partial charge in [-0.05, 0) is 0 Å². The fraction of sp³-hybridized carbons (Fsp3) is 0.200.